The van der Waals surface area contributed by atoms with E-state index in [0.29, 0.717) is 32.8 Å². The number of likely N-dealkylation sites (tertiary alicyclic amines) is 1. The van der Waals surface area contributed by atoms with E-state index in [1.165, 1.54) is 6.08 Å². The van der Waals surface area contributed by atoms with E-state index in [1.54, 1.807) is 15.9 Å². The lowest BCUT2D eigenvalue weighted by molar-refractivity contribution is -0.146. The van der Waals surface area contributed by atoms with Crippen LogP contribution < -0.4 is 4.74 Å². The van der Waals surface area contributed by atoms with Crippen molar-refractivity contribution in [2.45, 2.75) is 19.4 Å². The standard InChI is InChI=1S/C26H27N3O5/c30-23(10-9-20-7-4-8-22(17-20)34-19-21-5-2-1-3-6-21)27-13-15-28(16-14-27)26(33)18-29-24(31)11-12-25(29)32/h1-10,17H,11-16,18-19H2/b10-9+. The Balaban J connectivity index is 1.25. The first-order valence-corrected chi connectivity index (χ1v) is 11.3. The number of hydrogen-bond donors (Lipinski definition) is 0. The first-order chi connectivity index (χ1) is 16.5. The summed E-state index contributed by atoms with van der Waals surface area (Å²) in [5.74, 6) is -0.273. The molecule has 0 unspecified atom stereocenters. The summed E-state index contributed by atoms with van der Waals surface area (Å²) in [5.41, 5.74) is 1.93. The normalized spacial score (nSPS) is 16.4. The first kappa shape index (κ1) is 23.2. The summed E-state index contributed by atoms with van der Waals surface area (Å²) >= 11 is 0. The van der Waals surface area contributed by atoms with Gasteiger partial charge < -0.3 is 14.5 Å². The minimum absolute atomic E-state index is 0.132. The largest absolute Gasteiger partial charge is 0.489 e. The van der Waals surface area contributed by atoms with Crippen molar-refractivity contribution in [2.75, 3.05) is 32.7 Å². The summed E-state index contributed by atoms with van der Waals surface area (Å²) in [6.45, 7) is 1.80. The molecule has 2 saturated heterocycles. The Morgan fingerprint density at radius 1 is 0.853 bits per heavy atom. The van der Waals surface area contributed by atoms with Crippen LogP contribution in [0.1, 0.15) is 24.0 Å². The SMILES string of the molecule is O=C(/C=C/c1cccc(OCc2ccccc2)c1)N1CCN(C(=O)CN2C(=O)CCC2=O)CC1. The lowest BCUT2D eigenvalue weighted by Crippen LogP contribution is -2.52. The summed E-state index contributed by atoms with van der Waals surface area (Å²) in [5, 5.41) is 0. The third-order valence-electron chi connectivity index (χ3n) is 5.92. The number of rotatable bonds is 7. The van der Waals surface area contributed by atoms with Gasteiger partial charge in [-0.05, 0) is 29.3 Å². The van der Waals surface area contributed by atoms with Crippen molar-refractivity contribution in [3.8, 4) is 5.75 Å². The average molecular weight is 462 g/mol. The maximum atomic E-state index is 12.6. The number of nitrogens with zero attached hydrogens (tertiary/aromatic N) is 3. The Kier molecular flexibility index (Phi) is 7.37. The molecule has 2 aliphatic rings. The Bertz CT molecular complexity index is 1070. The summed E-state index contributed by atoms with van der Waals surface area (Å²) < 4.78 is 5.84. The molecule has 0 N–H and O–H groups in total. The van der Waals surface area contributed by atoms with Crippen molar-refractivity contribution in [1.29, 1.82) is 0 Å². The van der Waals surface area contributed by atoms with Gasteiger partial charge in [-0.25, -0.2) is 0 Å². The maximum Gasteiger partial charge on any atom is 0.246 e. The van der Waals surface area contributed by atoms with Crippen molar-refractivity contribution in [2.24, 2.45) is 0 Å². The fourth-order valence-corrected chi connectivity index (χ4v) is 3.93. The molecule has 8 heteroatoms. The zero-order valence-electron chi connectivity index (χ0n) is 18.9. The Hall–Kier alpha value is -3.94. The predicted octanol–water partition coefficient (Wildman–Crippen LogP) is 2.10. The smallest absolute Gasteiger partial charge is 0.246 e. The second-order valence-electron chi connectivity index (χ2n) is 8.26. The molecule has 176 valence electrons. The molecule has 2 aliphatic heterocycles. The molecule has 0 aromatic heterocycles. The Morgan fingerprint density at radius 2 is 1.53 bits per heavy atom. The molecule has 2 aromatic rings. The van der Waals surface area contributed by atoms with Gasteiger partial charge in [-0.15, -0.1) is 0 Å². The van der Waals surface area contributed by atoms with Crippen molar-refractivity contribution in [3.63, 3.8) is 0 Å². The zero-order valence-corrected chi connectivity index (χ0v) is 18.9. The number of ether oxygens (including phenoxy) is 1. The second kappa shape index (κ2) is 10.8. The van der Waals surface area contributed by atoms with Crippen LogP contribution in [-0.2, 0) is 25.8 Å². The number of amides is 4. The van der Waals surface area contributed by atoms with Crippen LogP contribution in [0.5, 0.6) is 5.75 Å². The minimum Gasteiger partial charge on any atom is -0.489 e. The predicted molar refractivity (Wildman–Crippen MR) is 125 cm³/mol. The molecule has 34 heavy (non-hydrogen) atoms. The van der Waals surface area contributed by atoms with Crippen LogP contribution in [0.3, 0.4) is 0 Å². The van der Waals surface area contributed by atoms with Gasteiger partial charge in [-0.3, -0.25) is 24.1 Å². The van der Waals surface area contributed by atoms with E-state index in [-0.39, 0.29) is 43.0 Å². The van der Waals surface area contributed by atoms with Gasteiger partial charge in [0, 0.05) is 45.1 Å². The van der Waals surface area contributed by atoms with Gasteiger partial charge in [0.05, 0.1) is 0 Å². The van der Waals surface area contributed by atoms with Gasteiger partial charge in [-0.2, -0.15) is 0 Å². The lowest BCUT2D eigenvalue weighted by atomic mass is 10.2. The van der Waals surface area contributed by atoms with Crippen LogP contribution in [0.4, 0.5) is 0 Å². The Morgan fingerprint density at radius 3 is 2.24 bits per heavy atom. The maximum absolute atomic E-state index is 12.6. The van der Waals surface area contributed by atoms with Crippen molar-refractivity contribution in [1.82, 2.24) is 14.7 Å². The van der Waals surface area contributed by atoms with E-state index in [4.69, 9.17) is 4.74 Å². The molecule has 2 fully saturated rings. The molecular weight excluding hydrogens is 434 g/mol. The second-order valence-corrected chi connectivity index (χ2v) is 8.26. The van der Waals surface area contributed by atoms with Gasteiger partial charge in [0.25, 0.3) is 0 Å². The molecule has 4 amide bonds. The van der Waals surface area contributed by atoms with E-state index < -0.39 is 0 Å². The highest BCUT2D eigenvalue weighted by atomic mass is 16.5. The van der Waals surface area contributed by atoms with Gasteiger partial charge in [-0.1, -0.05) is 42.5 Å². The number of carbonyl (C=O) groups excluding carboxylic acids is 4. The molecule has 2 aromatic carbocycles. The van der Waals surface area contributed by atoms with E-state index in [2.05, 4.69) is 0 Å². The van der Waals surface area contributed by atoms with Gasteiger partial charge in [0.1, 0.15) is 18.9 Å². The average Bonchev–Trinajstić information content (AvgIpc) is 3.19. The lowest BCUT2D eigenvalue weighted by Gasteiger charge is -2.34. The fraction of sp³-hybridized carbons (Fsp3) is 0.308. The third kappa shape index (κ3) is 5.89. The van der Waals surface area contributed by atoms with Crippen molar-refractivity contribution < 1.29 is 23.9 Å². The summed E-state index contributed by atoms with van der Waals surface area (Å²) in [6, 6.07) is 17.4. The van der Waals surface area contributed by atoms with Crippen LogP contribution in [0.15, 0.2) is 60.7 Å². The zero-order chi connectivity index (χ0) is 23.9. The molecule has 2 heterocycles. The summed E-state index contributed by atoms with van der Waals surface area (Å²) in [6.07, 6.45) is 3.61. The number of benzene rings is 2. The quantitative estimate of drug-likeness (QED) is 0.466. The van der Waals surface area contributed by atoms with Gasteiger partial charge in [0.2, 0.25) is 23.6 Å². The summed E-state index contributed by atoms with van der Waals surface area (Å²) in [4.78, 5) is 52.8. The molecule has 0 bridgehead atoms. The monoisotopic (exact) mass is 461 g/mol. The molecule has 0 saturated carbocycles. The van der Waals surface area contributed by atoms with Crippen molar-refractivity contribution in [3.05, 3.63) is 71.8 Å². The van der Waals surface area contributed by atoms with E-state index in [0.717, 1.165) is 21.8 Å². The van der Waals surface area contributed by atoms with E-state index in [9.17, 15) is 19.2 Å². The summed E-state index contributed by atoms with van der Waals surface area (Å²) in [7, 11) is 0. The van der Waals surface area contributed by atoms with Crippen LogP contribution in [0.25, 0.3) is 6.08 Å². The molecule has 8 nitrogen and oxygen atoms in total. The van der Waals surface area contributed by atoms with E-state index >= 15 is 0 Å². The topological polar surface area (TPSA) is 87.2 Å². The molecule has 4 rings (SSSR count). The fourth-order valence-electron chi connectivity index (χ4n) is 3.93. The molecule has 0 atom stereocenters. The van der Waals surface area contributed by atoms with Crippen LogP contribution in [0, 0.1) is 0 Å². The number of hydrogen-bond acceptors (Lipinski definition) is 5. The highest BCUT2D eigenvalue weighted by Gasteiger charge is 2.32. The van der Waals surface area contributed by atoms with Gasteiger partial charge in [0.15, 0.2) is 0 Å². The molecule has 0 radical (unpaired) electrons. The highest BCUT2D eigenvalue weighted by Crippen LogP contribution is 2.17. The number of piperazine rings is 1. The third-order valence-corrected chi connectivity index (χ3v) is 5.92. The number of imide groups is 1. The van der Waals surface area contributed by atoms with E-state index in [1.807, 2.05) is 54.6 Å². The van der Waals surface area contributed by atoms with Crippen LogP contribution in [0.2, 0.25) is 0 Å². The Labute approximate surface area is 198 Å². The molecule has 0 spiro atoms. The molecular formula is C26H27N3O5. The van der Waals surface area contributed by atoms with Crippen LogP contribution >= 0.6 is 0 Å². The minimum atomic E-state index is -0.299. The van der Waals surface area contributed by atoms with Crippen LogP contribution in [-0.4, -0.2) is 71.1 Å². The number of carbonyl (C=O) groups is 4. The first-order valence-electron chi connectivity index (χ1n) is 11.3. The molecule has 0 aliphatic carbocycles. The van der Waals surface area contributed by atoms with Crippen molar-refractivity contribution >= 4 is 29.7 Å². The highest BCUT2D eigenvalue weighted by molar-refractivity contribution is 6.04. The van der Waals surface area contributed by atoms with Gasteiger partial charge >= 0.3 is 0 Å².